The number of aromatic amines is 1. The van der Waals surface area contributed by atoms with Gasteiger partial charge in [0.2, 0.25) is 10.0 Å². The molecular formula is C23H23N3O3S. The highest BCUT2D eigenvalue weighted by Gasteiger charge is 2.28. The van der Waals surface area contributed by atoms with Crippen LogP contribution in [0.2, 0.25) is 0 Å². The lowest BCUT2D eigenvalue weighted by atomic mass is 10.1. The van der Waals surface area contributed by atoms with Crippen molar-refractivity contribution in [3.63, 3.8) is 0 Å². The first-order valence-corrected chi connectivity index (χ1v) is 11.5. The fourth-order valence-electron chi connectivity index (χ4n) is 4.17. The van der Waals surface area contributed by atoms with Crippen molar-refractivity contribution in [2.45, 2.75) is 11.4 Å². The Hall–Kier alpha value is -2.87. The van der Waals surface area contributed by atoms with Gasteiger partial charge in [-0.15, -0.1) is 0 Å². The summed E-state index contributed by atoms with van der Waals surface area (Å²) in [7, 11) is -3.46. The van der Waals surface area contributed by atoms with Crippen LogP contribution in [0.3, 0.4) is 0 Å². The first-order chi connectivity index (χ1) is 14.5. The van der Waals surface area contributed by atoms with Crippen molar-refractivity contribution in [2.75, 3.05) is 26.2 Å². The lowest BCUT2D eigenvalue weighted by Gasteiger charge is -2.34. The highest BCUT2D eigenvalue weighted by atomic mass is 32.2. The monoisotopic (exact) mass is 421 g/mol. The fourth-order valence-corrected chi connectivity index (χ4v) is 5.61. The van der Waals surface area contributed by atoms with E-state index in [9.17, 15) is 13.5 Å². The van der Waals surface area contributed by atoms with E-state index < -0.39 is 10.0 Å². The molecule has 1 saturated heterocycles. The molecule has 0 amide bonds. The molecule has 2 heterocycles. The summed E-state index contributed by atoms with van der Waals surface area (Å²) in [6, 6.07) is 20.5. The molecule has 0 saturated carbocycles. The first-order valence-electron chi connectivity index (χ1n) is 10.0. The molecule has 0 aliphatic carbocycles. The van der Waals surface area contributed by atoms with Gasteiger partial charge >= 0.3 is 0 Å². The molecule has 1 aliphatic heterocycles. The molecule has 1 aliphatic rings. The van der Waals surface area contributed by atoms with Gasteiger partial charge in [-0.3, -0.25) is 4.90 Å². The minimum absolute atomic E-state index is 0.258. The Morgan fingerprint density at radius 1 is 0.833 bits per heavy atom. The average Bonchev–Trinajstić information content (AvgIpc) is 3.12. The highest BCUT2D eigenvalue weighted by Crippen LogP contribution is 2.31. The van der Waals surface area contributed by atoms with Crippen LogP contribution in [0.15, 0.2) is 71.6 Å². The summed E-state index contributed by atoms with van der Waals surface area (Å²) < 4.78 is 27.2. The van der Waals surface area contributed by atoms with E-state index in [4.69, 9.17) is 0 Å². The fraction of sp³-hybridized carbons (Fsp3) is 0.217. The summed E-state index contributed by atoms with van der Waals surface area (Å²) in [4.78, 5) is 5.86. The van der Waals surface area contributed by atoms with E-state index in [-0.39, 0.29) is 5.75 Å². The Bertz CT molecular complexity index is 1310. The Balaban J connectivity index is 1.33. The number of hydrogen-bond donors (Lipinski definition) is 2. The summed E-state index contributed by atoms with van der Waals surface area (Å²) in [5.41, 5.74) is 2.81. The predicted molar refractivity (Wildman–Crippen MR) is 118 cm³/mol. The Morgan fingerprint density at radius 3 is 2.30 bits per heavy atom. The maximum absolute atomic E-state index is 12.8. The van der Waals surface area contributed by atoms with Gasteiger partial charge in [-0.1, -0.05) is 36.4 Å². The van der Waals surface area contributed by atoms with Crippen molar-refractivity contribution in [3.8, 4) is 5.75 Å². The number of phenolic OH excluding ortho intramolecular Hbond substituents is 1. The second-order valence-corrected chi connectivity index (χ2v) is 9.63. The number of phenols is 1. The number of aromatic nitrogens is 1. The van der Waals surface area contributed by atoms with Crippen LogP contribution in [0.25, 0.3) is 21.8 Å². The van der Waals surface area contributed by atoms with E-state index in [1.165, 1.54) is 0 Å². The quantitative estimate of drug-likeness (QED) is 0.529. The van der Waals surface area contributed by atoms with Crippen LogP contribution in [0.5, 0.6) is 5.75 Å². The summed E-state index contributed by atoms with van der Waals surface area (Å²) in [5.74, 6) is 0.258. The molecule has 7 heteroatoms. The topological polar surface area (TPSA) is 76.6 Å². The molecule has 4 aromatic rings. The third kappa shape index (κ3) is 3.35. The normalized spacial score (nSPS) is 16.4. The van der Waals surface area contributed by atoms with Crippen molar-refractivity contribution in [1.82, 2.24) is 14.2 Å². The number of benzene rings is 3. The molecular weight excluding hydrogens is 398 g/mol. The number of fused-ring (bicyclic) bond motifs is 3. The number of hydrogen-bond acceptors (Lipinski definition) is 4. The van der Waals surface area contributed by atoms with Gasteiger partial charge in [-0.25, -0.2) is 8.42 Å². The molecule has 1 aromatic heterocycles. The smallest absolute Gasteiger partial charge is 0.243 e. The van der Waals surface area contributed by atoms with Crippen molar-refractivity contribution in [1.29, 1.82) is 0 Å². The largest absolute Gasteiger partial charge is 0.508 e. The Labute approximate surface area is 175 Å². The minimum Gasteiger partial charge on any atom is -0.508 e. The van der Waals surface area contributed by atoms with Gasteiger partial charge in [-0.2, -0.15) is 4.31 Å². The molecule has 0 spiro atoms. The molecule has 3 aromatic carbocycles. The van der Waals surface area contributed by atoms with Crippen LogP contribution in [0, 0.1) is 0 Å². The third-order valence-electron chi connectivity index (χ3n) is 5.81. The van der Waals surface area contributed by atoms with Crippen molar-refractivity contribution < 1.29 is 13.5 Å². The van der Waals surface area contributed by atoms with E-state index in [2.05, 4.69) is 16.0 Å². The molecule has 0 atom stereocenters. The van der Waals surface area contributed by atoms with Gasteiger partial charge in [-0.05, 0) is 24.3 Å². The summed E-state index contributed by atoms with van der Waals surface area (Å²) in [5, 5.41) is 12.8. The number of H-pyrrole nitrogens is 1. The van der Waals surface area contributed by atoms with Crippen LogP contribution in [0.4, 0.5) is 0 Å². The van der Waals surface area contributed by atoms with Gasteiger partial charge in [0.25, 0.3) is 0 Å². The van der Waals surface area contributed by atoms with E-state index in [0.29, 0.717) is 37.6 Å². The zero-order valence-electron chi connectivity index (χ0n) is 16.5. The highest BCUT2D eigenvalue weighted by molar-refractivity contribution is 7.89. The molecule has 0 unspecified atom stereocenters. The summed E-state index contributed by atoms with van der Waals surface area (Å²) in [6.45, 7) is 2.70. The molecule has 1 fully saturated rings. The lowest BCUT2D eigenvalue weighted by Crippen LogP contribution is -2.48. The number of sulfonamides is 1. The standard InChI is InChI=1S/C23H23N3O3S/c27-23-15-22-20(19-8-4-5-9-21(19)24-22)14-17(23)16-25-10-12-26(13-11-25)30(28,29)18-6-2-1-3-7-18/h1-9,14-15,24,27H,10-13,16H2. The maximum atomic E-state index is 12.8. The van der Waals surface area contributed by atoms with E-state index in [0.717, 1.165) is 27.4 Å². The molecule has 0 radical (unpaired) electrons. The zero-order valence-corrected chi connectivity index (χ0v) is 17.3. The second-order valence-electron chi connectivity index (χ2n) is 7.69. The van der Waals surface area contributed by atoms with Gasteiger partial charge in [0.1, 0.15) is 5.75 Å². The molecule has 6 nitrogen and oxygen atoms in total. The second kappa shape index (κ2) is 7.43. The SMILES string of the molecule is O=S(=O)(c1ccccc1)N1CCN(Cc2cc3c(cc2O)[nH]c2ccccc23)CC1. The van der Waals surface area contributed by atoms with Crippen LogP contribution in [-0.2, 0) is 16.6 Å². The molecule has 30 heavy (non-hydrogen) atoms. The molecule has 2 N–H and O–H groups in total. The number of nitrogens with one attached hydrogen (secondary N) is 1. The number of rotatable bonds is 4. The maximum Gasteiger partial charge on any atom is 0.243 e. The summed E-state index contributed by atoms with van der Waals surface area (Å²) >= 11 is 0. The zero-order chi connectivity index (χ0) is 20.7. The number of nitrogens with zero attached hydrogens (tertiary/aromatic N) is 2. The van der Waals surface area contributed by atoms with E-state index in [1.807, 2.05) is 30.3 Å². The molecule has 154 valence electrons. The van der Waals surface area contributed by atoms with Gasteiger partial charge in [0.15, 0.2) is 0 Å². The average molecular weight is 422 g/mol. The van der Waals surface area contributed by atoms with Crippen molar-refractivity contribution >= 4 is 31.8 Å². The molecule has 5 rings (SSSR count). The van der Waals surface area contributed by atoms with E-state index >= 15 is 0 Å². The number of aromatic hydroxyl groups is 1. The Kier molecular flexibility index (Phi) is 4.73. The van der Waals surface area contributed by atoms with Gasteiger partial charge in [0, 0.05) is 60.6 Å². The Morgan fingerprint density at radius 2 is 1.53 bits per heavy atom. The van der Waals surface area contributed by atoms with Gasteiger partial charge in [0.05, 0.1) is 10.4 Å². The summed E-state index contributed by atoms with van der Waals surface area (Å²) in [6.07, 6.45) is 0. The number of para-hydroxylation sites is 1. The van der Waals surface area contributed by atoms with Crippen molar-refractivity contribution in [2.24, 2.45) is 0 Å². The third-order valence-corrected chi connectivity index (χ3v) is 7.72. The minimum atomic E-state index is -3.46. The first kappa shape index (κ1) is 19.1. The lowest BCUT2D eigenvalue weighted by molar-refractivity contribution is 0.180. The van der Waals surface area contributed by atoms with Crippen LogP contribution in [0.1, 0.15) is 5.56 Å². The van der Waals surface area contributed by atoms with Crippen LogP contribution >= 0.6 is 0 Å². The van der Waals surface area contributed by atoms with Crippen molar-refractivity contribution in [3.05, 3.63) is 72.3 Å². The van der Waals surface area contributed by atoms with E-state index in [1.54, 1.807) is 34.6 Å². The van der Waals surface area contributed by atoms with Crippen LogP contribution in [-0.4, -0.2) is 53.9 Å². The van der Waals surface area contributed by atoms with Crippen LogP contribution < -0.4 is 0 Å². The molecule has 0 bridgehead atoms. The predicted octanol–water partition coefficient (Wildman–Crippen LogP) is 3.53. The van der Waals surface area contributed by atoms with Gasteiger partial charge < -0.3 is 10.1 Å². The number of piperazine rings is 1.